The van der Waals surface area contributed by atoms with Gasteiger partial charge in [-0.2, -0.15) is 0 Å². The van der Waals surface area contributed by atoms with E-state index in [0.717, 1.165) is 30.6 Å². The fourth-order valence-corrected chi connectivity index (χ4v) is 3.79. The van der Waals surface area contributed by atoms with Gasteiger partial charge in [0.2, 0.25) is 5.91 Å². The van der Waals surface area contributed by atoms with Crippen LogP contribution < -0.4 is 10.6 Å². The molecule has 1 unspecified atom stereocenters. The predicted molar refractivity (Wildman–Crippen MR) is 100 cm³/mol. The molecule has 0 spiro atoms. The van der Waals surface area contributed by atoms with Crippen molar-refractivity contribution < 1.29 is 19.3 Å². The Morgan fingerprint density at radius 3 is 2.54 bits per heavy atom. The molecule has 1 aromatic carbocycles. The largest absolute Gasteiger partial charge is 0.356 e. The van der Waals surface area contributed by atoms with Crippen molar-refractivity contribution in [1.29, 1.82) is 0 Å². The summed E-state index contributed by atoms with van der Waals surface area (Å²) in [5.74, 6) is -0.277. The summed E-state index contributed by atoms with van der Waals surface area (Å²) in [7, 11) is 0. The molecule has 2 N–H and O–H groups in total. The minimum absolute atomic E-state index is 0.0467. The van der Waals surface area contributed by atoms with E-state index in [4.69, 9.17) is 0 Å². The van der Waals surface area contributed by atoms with Gasteiger partial charge >= 0.3 is 6.03 Å². The third-order valence-electron chi connectivity index (χ3n) is 5.51. The highest BCUT2D eigenvalue weighted by Crippen LogP contribution is 2.30. The number of hydrogen-bond donors (Lipinski definition) is 2. The number of amides is 4. The van der Waals surface area contributed by atoms with Crippen molar-refractivity contribution in [3.05, 3.63) is 39.9 Å². The molecule has 1 aromatic rings. The third-order valence-corrected chi connectivity index (χ3v) is 5.51. The topological polar surface area (TPSA) is 122 Å². The normalized spacial score (nSPS) is 22.4. The van der Waals surface area contributed by atoms with Crippen molar-refractivity contribution in [1.82, 2.24) is 15.5 Å². The predicted octanol–water partition coefficient (Wildman–Crippen LogP) is 2.06. The van der Waals surface area contributed by atoms with Gasteiger partial charge < -0.3 is 10.6 Å². The molecule has 1 atom stereocenters. The number of nitro benzene ring substituents is 1. The first kappa shape index (κ1) is 19.8. The Hall–Kier alpha value is -2.97. The number of nitrogens with one attached hydrogen (secondary N) is 2. The van der Waals surface area contributed by atoms with Crippen LogP contribution in [0.1, 0.15) is 44.6 Å². The number of hydrogen-bond acceptors (Lipinski definition) is 5. The van der Waals surface area contributed by atoms with E-state index >= 15 is 0 Å². The van der Waals surface area contributed by atoms with Crippen LogP contribution in [0.25, 0.3) is 0 Å². The van der Waals surface area contributed by atoms with Gasteiger partial charge in [-0.05, 0) is 43.9 Å². The maximum atomic E-state index is 12.8. The zero-order chi connectivity index (χ0) is 20.3. The van der Waals surface area contributed by atoms with Crippen molar-refractivity contribution in [2.45, 2.75) is 44.6 Å². The van der Waals surface area contributed by atoms with E-state index in [1.54, 1.807) is 6.92 Å². The first-order valence-corrected chi connectivity index (χ1v) is 9.49. The summed E-state index contributed by atoms with van der Waals surface area (Å²) in [5.41, 5.74) is -0.869. The molecular weight excluding hydrogens is 364 g/mol. The number of carbonyl (C=O) groups excluding carboxylic acids is 3. The summed E-state index contributed by atoms with van der Waals surface area (Å²) in [5, 5.41) is 16.3. The Balaban J connectivity index is 1.56. The fraction of sp³-hybridized carbons (Fsp3) is 0.526. The minimum atomic E-state index is -1.26. The molecular formula is C19H24N4O5. The summed E-state index contributed by atoms with van der Waals surface area (Å²) < 4.78 is 0. The SMILES string of the molecule is CC1(c2ccc([N+](=O)[O-])cc2)NC(=O)N(CCCNC(=O)C2CCCC2)C1=O. The molecule has 2 aliphatic rings. The number of benzene rings is 1. The van der Waals surface area contributed by atoms with Gasteiger partial charge in [-0.15, -0.1) is 0 Å². The van der Waals surface area contributed by atoms with Gasteiger partial charge in [-0.25, -0.2) is 4.79 Å². The van der Waals surface area contributed by atoms with Crippen molar-refractivity contribution in [3.63, 3.8) is 0 Å². The maximum Gasteiger partial charge on any atom is 0.325 e. The van der Waals surface area contributed by atoms with Gasteiger partial charge in [-0.3, -0.25) is 24.6 Å². The zero-order valence-corrected chi connectivity index (χ0v) is 15.8. The zero-order valence-electron chi connectivity index (χ0n) is 15.8. The second-order valence-electron chi connectivity index (χ2n) is 7.44. The molecule has 1 heterocycles. The highest BCUT2D eigenvalue weighted by atomic mass is 16.6. The van der Waals surface area contributed by atoms with Gasteiger partial charge in [0.1, 0.15) is 5.54 Å². The molecule has 1 aliphatic carbocycles. The van der Waals surface area contributed by atoms with Crippen LogP contribution in [0, 0.1) is 16.0 Å². The Kier molecular flexibility index (Phi) is 5.62. The molecule has 3 rings (SSSR count). The van der Waals surface area contributed by atoms with E-state index in [2.05, 4.69) is 10.6 Å². The van der Waals surface area contributed by atoms with Crippen LogP contribution in [-0.2, 0) is 15.1 Å². The third kappa shape index (κ3) is 3.83. The minimum Gasteiger partial charge on any atom is -0.356 e. The van der Waals surface area contributed by atoms with E-state index in [-0.39, 0.29) is 24.1 Å². The number of imide groups is 1. The lowest BCUT2D eigenvalue weighted by Crippen LogP contribution is -2.41. The molecule has 28 heavy (non-hydrogen) atoms. The van der Waals surface area contributed by atoms with Gasteiger partial charge in [0.05, 0.1) is 4.92 Å². The Bertz CT molecular complexity index is 788. The number of nitro groups is 1. The molecule has 4 amide bonds. The van der Waals surface area contributed by atoms with E-state index in [0.29, 0.717) is 18.5 Å². The van der Waals surface area contributed by atoms with Crippen LogP contribution in [0.2, 0.25) is 0 Å². The van der Waals surface area contributed by atoms with Crippen LogP contribution in [0.5, 0.6) is 0 Å². The Morgan fingerprint density at radius 1 is 1.29 bits per heavy atom. The molecule has 0 aromatic heterocycles. The van der Waals surface area contributed by atoms with Crippen LogP contribution in [0.4, 0.5) is 10.5 Å². The first-order valence-electron chi connectivity index (χ1n) is 9.49. The van der Waals surface area contributed by atoms with Crippen LogP contribution in [-0.4, -0.2) is 40.8 Å². The molecule has 9 heteroatoms. The summed E-state index contributed by atoms with van der Waals surface area (Å²) >= 11 is 0. The number of urea groups is 1. The summed E-state index contributed by atoms with van der Waals surface area (Å²) in [6, 6.07) is 5.05. The molecule has 0 bridgehead atoms. The van der Waals surface area contributed by atoms with Crippen molar-refractivity contribution in [2.75, 3.05) is 13.1 Å². The van der Waals surface area contributed by atoms with Crippen molar-refractivity contribution in [2.24, 2.45) is 5.92 Å². The van der Waals surface area contributed by atoms with Gasteiger partial charge in [0, 0.05) is 31.1 Å². The smallest absolute Gasteiger partial charge is 0.325 e. The summed E-state index contributed by atoms with van der Waals surface area (Å²) in [6.07, 6.45) is 4.48. The fourth-order valence-electron chi connectivity index (χ4n) is 3.79. The molecule has 2 fully saturated rings. The van der Waals surface area contributed by atoms with E-state index in [1.807, 2.05) is 0 Å². The molecule has 1 aliphatic heterocycles. The average Bonchev–Trinajstić information content (AvgIpc) is 3.28. The number of carbonyl (C=O) groups is 3. The number of rotatable bonds is 7. The summed E-state index contributed by atoms with van der Waals surface area (Å²) in [4.78, 5) is 48.5. The van der Waals surface area contributed by atoms with Crippen LogP contribution in [0.3, 0.4) is 0 Å². The van der Waals surface area contributed by atoms with Gasteiger partial charge in [0.25, 0.3) is 11.6 Å². The monoisotopic (exact) mass is 388 g/mol. The van der Waals surface area contributed by atoms with E-state index in [1.165, 1.54) is 24.3 Å². The summed E-state index contributed by atoms with van der Waals surface area (Å²) in [6.45, 7) is 2.18. The molecule has 9 nitrogen and oxygen atoms in total. The second-order valence-corrected chi connectivity index (χ2v) is 7.44. The highest BCUT2D eigenvalue weighted by molar-refractivity contribution is 6.07. The van der Waals surface area contributed by atoms with Gasteiger partial charge in [0.15, 0.2) is 0 Å². The Labute approximate surface area is 162 Å². The standard InChI is InChI=1S/C19H24N4O5/c1-19(14-7-9-15(10-8-14)23(27)28)17(25)22(18(26)21-19)12-4-11-20-16(24)13-5-2-3-6-13/h7-10,13H,2-6,11-12H2,1H3,(H,20,24)(H,21,26). The van der Waals surface area contributed by atoms with Gasteiger partial charge in [-0.1, -0.05) is 12.8 Å². The number of nitrogens with zero attached hydrogens (tertiary/aromatic N) is 2. The Morgan fingerprint density at radius 2 is 1.93 bits per heavy atom. The molecule has 1 saturated carbocycles. The molecule has 1 saturated heterocycles. The van der Waals surface area contributed by atoms with Crippen LogP contribution in [0.15, 0.2) is 24.3 Å². The lowest BCUT2D eigenvalue weighted by Gasteiger charge is -2.22. The van der Waals surface area contributed by atoms with Crippen molar-refractivity contribution in [3.8, 4) is 0 Å². The quantitative estimate of drug-likeness (QED) is 0.320. The van der Waals surface area contributed by atoms with E-state index in [9.17, 15) is 24.5 Å². The average molecular weight is 388 g/mol. The van der Waals surface area contributed by atoms with Crippen molar-refractivity contribution >= 4 is 23.5 Å². The lowest BCUT2D eigenvalue weighted by molar-refractivity contribution is -0.384. The maximum absolute atomic E-state index is 12.8. The molecule has 0 radical (unpaired) electrons. The highest BCUT2D eigenvalue weighted by Gasteiger charge is 2.48. The first-order chi connectivity index (χ1) is 13.3. The second kappa shape index (κ2) is 7.95. The van der Waals surface area contributed by atoms with Crippen LogP contribution >= 0.6 is 0 Å². The number of non-ortho nitro benzene ring substituents is 1. The molecule has 150 valence electrons. The van der Waals surface area contributed by atoms with E-state index < -0.39 is 22.4 Å². The lowest BCUT2D eigenvalue weighted by atomic mass is 9.92.